The molecule has 4 rings (SSSR count). The van der Waals surface area contributed by atoms with Gasteiger partial charge in [0.05, 0.1) is 17.4 Å². The van der Waals surface area contributed by atoms with Gasteiger partial charge in [0.2, 0.25) is 0 Å². The first-order chi connectivity index (χ1) is 15.1. The van der Waals surface area contributed by atoms with Gasteiger partial charge in [0.25, 0.3) is 11.8 Å². The van der Waals surface area contributed by atoms with Crippen LogP contribution >= 0.6 is 0 Å². The fourth-order valence-corrected chi connectivity index (χ4v) is 4.37. The van der Waals surface area contributed by atoms with Gasteiger partial charge < -0.3 is 20.7 Å². The number of rotatable bonds is 7. The molecule has 31 heavy (non-hydrogen) atoms. The Morgan fingerprint density at radius 1 is 1.06 bits per heavy atom. The van der Waals surface area contributed by atoms with Crippen LogP contribution in [0.4, 0.5) is 5.69 Å². The summed E-state index contributed by atoms with van der Waals surface area (Å²) in [4.78, 5) is 32.7. The lowest BCUT2D eigenvalue weighted by atomic mass is 9.82. The Labute approximate surface area is 181 Å². The maximum absolute atomic E-state index is 12.9. The largest absolute Gasteiger partial charge is 0.396 e. The van der Waals surface area contributed by atoms with Crippen molar-refractivity contribution in [1.82, 2.24) is 15.3 Å². The number of hydrogen-bond acceptors (Lipinski definition) is 4. The number of amides is 2. The molecule has 2 amide bonds. The number of aliphatic hydroxyl groups is 1. The summed E-state index contributed by atoms with van der Waals surface area (Å²) in [7, 11) is 0. The van der Waals surface area contributed by atoms with Crippen LogP contribution in [0.15, 0.2) is 48.8 Å². The molecule has 2 aromatic carbocycles. The first-order valence-corrected chi connectivity index (χ1v) is 10.9. The summed E-state index contributed by atoms with van der Waals surface area (Å²) in [5.74, 6) is -0.0291. The second kappa shape index (κ2) is 9.75. The number of aromatic nitrogens is 2. The Morgan fingerprint density at radius 2 is 1.87 bits per heavy atom. The van der Waals surface area contributed by atoms with Crippen LogP contribution < -0.4 is 10.6 Å². The van der Waals surface area contributed by atoms with E-state index < -0.39 is 0 Å². The van der Waals surface area contributed by atoms with Crippen LogP contribution in [-0.2, 0) is 0 Å². The molecule has 1 atom stereocenters. The number of aromatic amines is 1. The summed E-state index contributed by atoms with van der Waals surface area (Å²) in [6, 6.07) is 12.2. The van der Waals surface area contributed by atoms with E-state index in [1.807, 2.05) is 0 Å². The third kappa shape index (κ3) is 5.11. The fraction of sp³-hybridized carbons (Fsp3) is 0.375. The van der Waals surface area contributed by atoms with Crippen molar-refractivity contribution in [2.24, 2.45) is 5.92 Å². The normalized spacial score (nSPS) is 15.5. The Bertz CT molecular complexity index is 1060. The molecule has 1 heterocycles. The zero-order valence-corrected chi connectivity index (χ0v) is 17.4. The van der Waals surface area contributed by atoms with Crippen LogP contribution in [0.25, 0.3) is 11.0 Å². The molecular formula is C24H28N4O3. The summed E-state index contributed by atoms with van der Waals surface area (Å²) in [5, 5.41) is 15.4. The lowest BCUT2D eigenvalue weighted by Gasteiger charge is -2.30. The number of nitrogens with one attached hydrogen (secondary N) is 3. The molecule has 7 nitrogen and oxygen atoms in total. The second-order valence-corrected chi connectivity index (χ2v) is 8.16. The van der Waals surface area contributed by atoms with Crippen LogP contribution in [0.5, 0.6) is 0 Å². The molecule has 1 saturated carbocycles. The van der Waals surface area contributed by atoms with E-state index in [0.29, 0.717) is 29.2 Å². The number of hydrogen-bond donors (Lipinski definition) is 4. The van der Waals surface area contributed by atoms with Crippen molar-refractivity contribution in [3.63, 3.8) is 0 Å². The number of anilines is 1. The van der Waals surface area contributed by atoms with Crippen molar-refractivity contribution >= 4 is 28.5 Å². The van der Waals surface area contributed by atoms with Gasteiger partial charge in [-0.1, -0.05) is 25.3 Å². The van der Waals surface area contributed by atoms with Gasteiger partial charge in [-0.25, -0.2) is 4.98 Å². The lowest BCUT2D eigenvalue weighted by molar-refractivity contribution is 0.0898. The van der Waals surface area contributed by atoms with Gasteiger partial charge in [0.1, 0.15) is 0 Å². The number of benzene rings is 2. The van der Waals surface area contributed by atoms with Gasteiger partial charge in [0, 0.05) is 29.5 Å². The number of imidazole rings is 1. The maximum Gasteiger partial charge on any atom is 0.255 e. The zero-order valence-electron chi connectivity index (χ0n) is 17.4. The third-order valence-electron chi connectivity index (χ3n) is 6.04. The first-order valence-electron chi connectivity index (χ1n) is 10.9. The minimum Gasteiger partial charge on any atom is -0.396 e. The van der Waals surface area contributed by atoms with E-state index in [1.54, 1.807) is 48.8 Å². The van der Waals surface area contributed by atoms with Crippen LogP contribution in [0.3, 0.4) is 0 Å². The summed E-state index contributed by atoms with van der Waals surface area (Å²) in [6.45, 7) is 0.0538. The molecule has 1 aliphatic carbocycles. The average molecular weight is 421 g/mol. The first kappa shape index (κ1) is 21.1. The Balaban J connectivity index is 1.43. The van der Waals surface area contributed by atoms with Gasteiger partial charge in [-0.05, 0) is 61.6 Å². The summed E-state index contributed by atoms with van der Waals surface area (Å²) >= 11 is 0. The van der Waals surface area contributed by atoms with Crippen LogP contribution in [0.1, 0.15) is 59.2 Å². The molecule has 3 aromatic rings. The maximum atomic E-state index is 12.9. The number of fused-ring (bicyclic) bond motifs is 1. The fourth-order valence-electron chi connectivity index (χ4n) is 4.37. The summed E-state index contributed by atoms with van der Waals surface area (Å²) < 4.78 is 0. The third-order valence-corrected chi connectivity index (χ3v) is 6.04. The molecule has 1 fully saturated rings. The van der Waals surface area contributed by atoms with Crippen molar-refractivity contribution in [1.29, 1.82) is 0 Å². The van der Waals surface area contributed by atoms with E-state index in [0.717, 1.165) is 23.9 Å². The van der Waals surface area contributed by atoms with Crippen molar-refractivity contribution in [2.75, 3.05) is 11.9 Å². The highest BCUT2D eigenvalue weighted by atomic mass is 16.3. The summed E-state index contributed by atoms with van der Waals surface area (Å²) in [5.41, 5.74) is 3.13. The van der Waals surface area contributed by atoms with Gasteiger partial charge in [0.15, 0.2) is 0 Å². The second-order valence-electron chi connectivity index (χ2n) is 8.16. The van der Waals surface area contributed by atoms with E-state index in [4.69, 9.17) is 0 Å². The molecule has 1 aromatic heterocycles. The highest BCUT2D eigenvalue weighted by Crippen LogP contribution is 2.28. The zero-order chi connectivity index (χ0) is 21.6. The molecule has 4 N–H and O–H groups in total. The number of nitrogens with zero attached hydrogens (tertiary/aromatic N) is 1. The molecule has 0 radical (unpaired) electrons. The molecule has 0 aliphatic heterocycles. The average Bonchev–Trinajstić information content (AvgIpc) is 3.27. The Morgan fingerprint density at radius 3 is 2.68 bits per heavy atom. The predicted molar refractivity (Wildman–Crippen MR) is 120 cm³/mol. The van der Waals surface area contributed by atoms with E-state index in [1.165, 1.54) is 19.3 Å². The minimum atomic E-state index is -0.255. The van der Waals surface area contributed by atoms with Gasteiger partial charge >= 0.3 is 0 Å². The van der Waals surface area contributed by atoms with Crippen LogP contribution in [0.2, 0.25) is 0 Å². The topological polar surface area (TPSA) is 107 Å². The standard InChI is InChI=1S/C24H28N4O3/c29-12-11-20(16-5-2-1-3-6-16)28-24(31)17-7-4-8-19(13-17)27-23(30)18-9-10-21-22(14-18)26-15-25-21/h4,7-10,13-16,20,29H,1-3,5-6,11-12H2,(H,25,26)(H,27,30)(H,28,31). The Hall–Kier alpha value is -3.19. The lowest BCUT2D eigenvalue weighted by Crippen LogP contribution is -2.41. The Kier molecular flexibility index (Phi) is 6.62. The van der Waals surface area contributed by atoms with Gasteiger partial charge in [-0.15, -0.1) is 0 Å². The van der Waals surface area contributed by atoms with Crippen LogP contribution in [0, 0.1) is 5.92 Å². The predicted octanol–water partition coefficient (Wildman–Crippen LogP) is 3.88. The number of carbonyl (C=O) groups excluding carboxylic acids is 2. The number of carbonyl (C=O) groups is 2. The molecule has 162 valence electrons. The van der Waals surface area contributed by atoms with E-state index in [-0.39, 0.29) is 24.5 Å². The smallest absolute Gasteiger partial charge is 0.255 e. The minimum absolute atomic E-state index is 0.0304. The van der Waals surface area contributed by atoms with E-state index in [9.17, 15) is 14.7 Å². The van der Waals surface area contributed by atoms with Crippen molar-refractivity contribution < 1.29 is 14.7 Å². The quantitative estimate of drug-likeness (QED) is 0.465. The molecular weight excluding hydrogens is 392 g/mol. The molecule has 0 bridgehead atoms. The van der Waals surface area contributed by atoms with Crippen molar-refractivity contribution in [2.45, 2.75) is 44.6 Å². The monoisotopic (exact) mass is 420 g/mol. The van der Waals surface area contributed by atoms with E-state index >= 15 is 0 Å². The molecule has 1 unspecified atom stereocenters. The van der Waals surface area contributed by atoms with Crippen LogP contribution in [-0.4, -0.2) is 39.5 Å². The highest BCUT2D eigenvalue weighted by Gasteiger charge is 2.25. The number of H-pyrrole nitrogens is 1. The van der Waals surface area contributed by atoms with Crippen molar-refractivity contribution in [3.05, 3.63) is 59.9 Å². The molecule has 0 spiro atoms. The molecule has 7 heteroatoms. The summed E-state index contributed by atoms with van der Waals surface area (Å²) in [6.07, 6.45) is 7.91. The molecule has 1 aliphatic rings. The highest BCUT2D eigenvalue weighted by molar-refractivity contribution is 6.06. The number of aliphatic hydroxyl groups excluding tert-OH is 1. The molecule has 0 saturated heterocycles. The van der Waals surface area contributed by atoms with Gasteiger partial charge in [-0.2, -0.15) is 0 Å². The van der Waals surface area contributed by atoms with E-state index in [2.05, 4.69) is 20.6 Å². The van der Waals surface area contributed by atoms with Gasteiger partial charge in [-0.3, -0.25) is 9.59 Å². The SMILES string of the molecule is O=C(Nc1cccc(C(=O)NC(CCO)C2CCCCC2)c1)c1ccc2nc[nH]c2c1. The van der Waals surface area contributed by atoms with Crippen molar-refractivity contribution in [3.8, 4) is 0 Å².